The monoisotopic (exact) mass is 448 g/mol. The Hall–Kier alpha value is -3.17. The van der Waals surface area contributed by atoms with Crippen molar-refractivity contribution in [1.82, 2.24) is 14.8 Å². The van der Waals surface area contributed by atoms with Crippen LogP contribution in [0.5, 0.6) is 5.75 Å². The summed E-state index contributed by atoms with van der Waals surface area (Å²) in [4.78, 5) is 16.7. The van der Waals surface area contributed by atoms with E-state index in [0.29, 0.717) is 28.5 Å². The first kappa shape index (κ1) is 20.7. The lowest BCUT2D eigenvalue weighted by Gasteiger charge is -2.20. The van der Waals surface area contributed by atoms with Crippen LogP contribution >= 0.6 is 0 Å². The molecule has 2 aliphatic carbocycles. The Balaban J connectivity index is 1.18. The molecule has 2 aromatic heterocycles. The average molecular weight is 448 g/mol. The number of hydrogen-bond donors (Lipinski definition) is 1. The van der Waals surface area contributed by atoms with Gasteiger partial charge in [-0.25, -0.2) is 4.39 Å². The molecule has 10 heteroatoms. The van der Waals surface area contributed by atoms with Gasteiger partial charge in [0.15, 0.2) is 5.82 Å². The van der Waals surface area contributed by atoms with Crippen LogP contribution in [0.4, 0.5) is 23.4 Å². The highest BCUT2D eigenvalue weighted by molar-refractivity contribution is 5.92. The molecular weight excluding hydrogens is 428 g/mol. The maximum Gasteiger partial charge on any atom is 0.504 e. The number of benzene rings is 1. The third-order valence-electron chi connectivity index (χ3n) is 6.52. The van der Waals surface area contributed by atoms with Crippen molar-refractivity contribution in [2.24, 2.45) is 23.7 Å². The molecule has 1 amide bonds. The third-order valence-corrected chi connectivity index (χ3v) is 6.52. The fraction of sp³-hybridized carbons (Fsp3) is 0.409. The van der Waals surface area contributed by atoms with Gasteiger partial charge in [0.25, 0.3) is 0 Å². The molecule has 2 fully saturated rings. The van der Waals surface area contributed by atoms with Crippen molar-refractivity contribution in [3.8, 4) is 5.75 Å². The molecule has 2 saturated carbocycles. The Bertz CT molecular complexity index is 1170. The van der Waals surface area contributed by atoms with Crippen LogP contribution in [0.3, 0.4) is 0 Å². The number of carbonyl (C=O) groups excluding carboxylic acids is 1. The maximum atomic E-state index is 13.6. The number of aromatic nitrogens is 3. The zero-order chi connectivity index (χ0) is 22.6. The van der Waals surface area contributed by atoms with E-state index in [4.69, 9.17) is 4.74 Å². The van der Waals surface area contributed by atoms with Gasteiger partial charge in [0.05, 0.1) is 11.6 Å². The Labute approximate surface area is 180 Å². The molecule has 0 aliphatic heterocycles. The molecule has 0 radical (unpaired) electrons. The Morgan fingerprint density at radius 2 is 1.97 bits per heavy atom. The quantitative estimate of drug-likeness (QED) is 0.574. The SMILES string of the molecule is CC(C(=O)Nc1ccn(C(F)(F)F)n1)C1C2CC(Oc3ccnc4ccc(F)cc34)CC21. The predicted octanol–water partition coefficient (Wildman–Crippen LogP) is 4.72. The number of carbonyl (C=O) groups is 1. The molecule has 3 atom stereocenters. The van der Waals surface area contributed by atoms with Crippen molar-refractivity contribution in [2.75, 3.05) is 5.32 Å². The van der Waals surface area contributed by atoms with Gasteiger partial charge in [-0.3, -0.25) is 9.78 Å². The van der Waals surface area contributed by atoms with E-state index in [1.807, 2.05) is 0 Å². The van der Waals surface area contributed by atoms with Crippen LogP contribution in [0.2, 0.25) is 0 Å². The van der Waals surface area contributed by atoms with Crippen molar-refractivity contribution in [1.29, 1.82) is 0 Å². The lowest BCUT2D eigenvalue weighted by Crippen LogP contribution is -2.26. The van der Waals surface area contributed by atoms with Crippen LogP contribution in [0.25, 0.3) is 10.9 Å². The standard InChI is InChI=1S/C22H20F4N4O2/c1-11(21(31)28-19-5-7-30(29-19)22(24,25)26)20-14-9-13(10-15(14)20)32-18-4-6-27-17-3-2-12(23)8-16(17)18/h2-8,11,13-15,20H,9-10H2,1H3,(H,28,29,31). The van der Waals surface area contributed by atoms with Gasteiger partial charge in [0.1, 0.15) is 11.6 Å². The second kappa shape index (κ2) is 7.46. The van der Waals surface area contributed by atoms with E-state index in [9.17, 15) is 22.4 Å². The molecule has 0 spiro atoms. The minimum Gasteiger partial charge on any atom is -0.490 e. The average Bonchev–Trinajstić information content (AvgIpc) is 3.08. The van der Waals surface area contributed by atoms with Gasteiger partial charge in [-0.05, 0) is 54.9 Å². The number of alkyl halides is 3. The lowest BCUT2D eigenvalue weighted by molar-refractivity contribution is -0.212. The van der Waals surface area contributed by atoms with Gasteiger partial charge in [-0.2, -0.15) is 4.68 Å². The highest BCUT2D eigenvalue weighted by atomic mass is 19.4. The highest BCUT2D eigenvalue weighted by Gasteiger charge is 2.59. The molecule has 3 aromatic rings. The molecule has 0 saturated heterocycles. The largest absolute Gasteiger partial charge is 0.504 e. The van der Waals surface area contributed by atoms with E-state index in [1.54, 1.807) is 25.3 Å². The third kappa shape index (κ3) is 3.78. The van der Waals surface area contributed by atoms with Gasteiger partial charge in [-0.15, -0.1) is 18.3 Å². The second-order valence-electron chi connectivity index (χ2n) is 8.48. The van der Waals surface area contributed by atoms with Crippen LogP contribution in [0.1, 0.15) is 19.8 Å². The first-order valence-corrected chi connectivity index (χ1v) is 10.4. The van der Waals surface area contributed by atoms with Crippen molar-refractivity contribution in [3.63, 3.8) is 0 Å². The summed E-state index contributed by atoms with van der Waals surface area (Å²) in [6, 6.07) is 7.21. The van der Waals surface area contributed by atoms with Crippen molar-refractivity contribution >= 4 is 22.6 Å². The molecular formula is C22H20F4N4O2. The lowest BCUT2D eigenvalue weighted by atomic mass is 9.97. The number of nitrogens with one attached hydrogen (secondary N) is 1. The smallest absolute Gasteiger partial charge is 0.490 e. The van der Waals surface area contributed by atoms with Crippen molar-refractivity contribution in [2.45, 2.75) is 32.2 Å². The summed E-state index contributed by atoms with van der Waals surface area (Å²) in [5.41, 5.74) is 0.656. The molecule has 2 aliphatic rings. The first-order chi connectivity index (χ1) is 15.2. The number of nitrogens with zero attached hydrogens (tertiary/aromatic N) is 3. The summed E-state index contributed by atoms with van der Waals surface area (Å²) in [6.45, 7) is 1.79. The minimum atomic E-state index is -4.62. The first-order valence-electron chi connectivity index (χ1n) is 10.4. The summed E-state index contributed by atoms with van der Waals surface area (Å²) in [5, 5.41) is 6.45. The fourth-order valence-electron chi connectivity index (χ4n) is 5.00. The molecule has 168 valence electrons. The number of halogens is 4. The Kier molecular flexibility index (Phi) is 4.83. The zero-order valence-electron chi connectivity index (χ0n) is 17.0. The van der Waals surface area contributed by atoms with E-state index in [-0.39, 0.29) is 40.2 Å². The van der Waals surface area contributed by atoms with E-state index < -0.39 is 6.30 Å². The number of fused-ring (bicyclic) bond motifs is 2. The molecule has 32 heavy (non-hydrogen) atoms. The summed E-state index contributed by atoms with van der Waals surface area (Å²) >= 11 is 0. The topological polar surface area (TPSA) is 69.0 Å². The highest BCUT2D eigenvalue weighted by Crippen LogP contribution is 2.61. The molecule has 1 N–H and O–H groups in total. The number of rotatable bonds is 5. The molecule has 1 aromatic carbocycles. The Morgan fingerprint density at radius 1 is 1.22 bits per heavy atom. The van der Waals surface area contributed by atoms with Crippen LogP contribution in [-0.2, 0) is 11.1 Å². The van der Waals surface area contributed by atoms with E-state index in [2.05, 4.69) is 15.4 Å². The molecule has 2 heterocycles. The number of anilines is 1. The molecule has 6 nitrogen and oxygen atoms in total. The van der Waals surface area contributed by atoms with E-state index >= 15 is 0 Å². The van der Waals surface area contributed by atoms with E-state index in [0.717, 1.165) is 25.1 Å². The van der Waals surface area contributed by atoms with Gasteiger partial charge in [0, 0.05) is 29.8 Å². The maximum absolute atomic E-state index is 13.6. The number of ether oxygens (including phenoxy) is 1. The van der Waals surface area contributed by atoms with Crippen LogP contribution < -0.4 is 10.1 Å². The zero-order valence-corrected chi connectivity index (χ0v) is 17.0. The normalized spacial score (nSPS) is 25.4. The van der Waals surface area contributed by atoms with Crippen LogP contribution in [-0.4, -0.2) is 26.8 Å². The van der Waals surface area contributed by atoms with Crippen molar-refractivity contribution < 1.29 is 27.1 Å². The molecule has 5 rings (SSSR count). The van der Waals surface area contributed by atoms with Crippen LogP contribution in [0, 0.1) is 29.5 Å². The van der Waals surface area contributed by atoms with Gasteiger partial charge >= 0.3 is 6.30 Å². The summed E-state index contributed by atoms with van der Waals surface area (Å²) in [5.74, 6) is 0.210. The molecule has 3 unspecified atom stereocenters. The van der Waals surface area contributed by atoms with Crippen LogP contribution in [0.15, 0.2) is 42.7 Å². The second-order valence-corrected chi connectivity index (χ2v) is 8.48. The summed E-state index contributed by atoms with van der Waals surface area (Å²) < 4.78 is 57.6. The summed E-state index contributed by atoms with van der Waals surface area (Å²) in [6.07, 6.45) is -0.719. The minimum absolute atomic E-state index is 0.0344. The summed E-state index contributed by atoms with van der Waals surface area (Å²) in [7, 11) is 0. The Morgan fingerprint density at radius 3 is 2.66 bits per heavy atom. The van der Waals surface area contributed by atoms with Crippen molar-refractivity contribution in [3.05, 3.63) is 48.5 Å². The predicted molar refractivity (Wildman–Crippen MR) is 107 cm³/mol. The number of amides is 1. The van der Waals surface area contributed by atoms with Gasteiger partial charge in [0.2, 0.25) is 5.91 Å². The van der Waals surface area contributed by atoms with Gasteiger partial charge < -0.3 is 10.1 Å². The number of hydrogen-bond acceptors (Lipinski definition) is 4. The van der Waals surface area contributed by atoms with Gasteiger partial charge in [-0.1, -0.05) is 6.92 Å². The fourth-order valence-corrected chi connectivity index (χ4v) is 5.00. The number of pyridine rings is 1. The van der Waals surface area contributed by atoms with E-state index in [1.165, 1.54) is 12.1 Å². The molecule has 0 bridgehead atoms.